The van der Waals surface area contributed by atoms with Crippen LogP contribution in [-0.4, -0.2) is 40.3 Å². The lowest BCUT2D eigenvalue weighted by atomic mass is 9.91. The highest BCUT2D eigenvalue weighted by atomic mass is 32.2. The predicted molar refractivity (Wildman–Crippen MR) is 130 cm³/mol. The molecule has 1 aromatic carbocycles. The minimum atomic E-state index is -4.45. The van der Waals surface area contributed by atoms with Gasteiger partial charge in [0.05, 0.1) is 5.56 Å². The van der Waals surface area contributed by atoms with Crippen molar-refractivity contribution >= 4 is 23.7 Å². The number of rotatable bonds is 6. The van der Waals surface area contributed by atoms with E-state index in [1.807, 2.05) is 19.1 Å². The van der Waals surface area contributed by atoms with Crippen LogP contribution in [0, 0.1) is 6.92 Å². The molecule has 0 aliphatic carbocycles. The molecule has 1 aliphatic rings. The van der Waals surface area contributed by atoms with E-state index in [1.54, 1.807) is 4.90 Å². The second kappa shape index (κ2) is 10.0. The zero-order valence-electron chi connectivity index (χ0n) is 20.4. The average molecular weight is 521 g/mol. The zero-order valence-corrected chi connectivity index (χ0v) is 21.2. The van der Waals surface area contributed by atoms with Crippen LogP contribution >= 0.6 is 11.9 Å². The number of ether oxygens (including phenoxy) is 1. The number of carbonyl (C=O) groups excluding carboxylic acids is 1. The number of hydrogen-bond acceptors (Lipinski definition) is 7. The van der Waals surface area contributed by atoms with Gasteiger partial charge < -0.3 is 18.9 Å². The summed E-state index contributed by atoms with van der Waals surface area (Å²) in [5, 5.41) is 4.15. The maximum atomic E-state index is 13.0. The molecular formula is C25H27F3N4O3S. The Morgan fingerprint density at radius 1 is 1.19 bits per heavy atom. The molecule has 0 fully saturated rings. The van der Waals surface area contributed by atoms with Gasteiger partial charge in [0.15, 0.2) is 12.4 Å². The van der Waals surface area contributed by atoms with Crippen molar-refractivity contribution in [1.29, 1.82) is 0 Å². The van der Waals surface area contributed by atoms with Crippen LogP contribution in [0.1, 0.15) is 53.6 Å². The Morgan fingerprint density at radius 2 is 1.97 bits per heavy atom. The Kier molecular flexibility index (Phi) is 7.21. The minimum absolute atomic E-state index is 0.143. The number of nitrogens with zero attached hydrogens (tertiary/aromatic N) is 3. The highest BCUT2D eigenvalue weighted by Gasteiger charge is 2.29. The molecule has 0 radical (unpaired) electrons. The first-order valence-electron chi connectivity index (χ1n) is 11.4. The van der Waals surface area contributed by atoms with Crippen molar-refractivity contribution in [3.63, 3.8) is 0 Å². The fourth-order valence-corrected chi connectivity index (χ4v) is 4.68. The van der Waals surface area contributed by atoms with E-state index in [2.05, 4.69) is 46.4 Å². The minimum Gasteiger partial charge on any atom is -0.468 e. The molecule has 0 saturated heterocycles. The van der Waals surface area contributed by atoms with E-state index >= 15 is 0 Å². The standard InChI is InChI=1S/C25H27F3N4O3S/c1-15-21(24(2,3)4)35-30-22(15)31-36-19-7-5-16-9-10-32(13-18(16)11-19)23(33)17-6-8-20(29-12-17)34-14-25(26,27)28/h5-8,11-12H,9-10,13-14H2,1-4H3,(H,30,31). The summed E-state index contributed by atoms with van der Waals surface area (Å²) in [7, 11) is 0. The Balaban J connectivity index is 1.39. The molecule has 3 aromatic rings. The molecule has 192 valence electrons. The quantitative estimate of drug-likeness (QED) is 0.403. The zero-order chi connectivity index (χ0) is 26.1. The van der Waals surface area contributed by atoms with Crippen molar-refractivity contribution in [3.05, 3.63) is 64.5 Å². The van der Waals surface area contributed by atoms with Crippen LogP contribution in [0.2, 0.25) is 0 Å². The number of nitrogens with one attached hydrogen (secondary N) is 1. The molecule has 11 heteroatoms. The number of alkyl halides is 3. The van der Waals surface area contributed by atoms with E-state index in [-0.39, 0.29) is 17.2 Å². The van der Waals surface area contributed by atoms with Gasteiger partial charge in [0, 0.05) is 41.2 Å². The van der Waals surface area contributed by atoms with Gasteiger partial charge in [-0.05, 0) is 54.6 Å². The monoisotopic (exact) mass is 520 g/mol. The van der Waals surface area contributed by atoms with Crippen molar-refractivity contribution < 1.29 is 27.2 Å². The number of benzene rings is 1. The number of amides is 1. The molecule has 3 heterocycles. The number of aromatic nitrogens is 2. The van der Waals surface area contributed by atoms with Crippen LogP contribution in [0.4, 0.5) is 19.0 Å². The Morgan fingerprint density at radius 3 is 2.61 bits per heavy atom. The lowest BCUT2D eigenvalue weighted by Gasteiger charge is -2.29. The number of fused-ring (bicyclic) bond motifs is 1. The van der Waals surface area contributed by atoms with E-state index in [0.717, 1.165) is 21.8 Å². The van der Waals surface area contributed by atoms with Gasteiger partial charge in [-0.25, -0.2) is 4.98 Å². The SMILES string of the molecule is Cc1c(NSc2ccc3c(c2)CN(C(=O)c2ccc(OCC(F)(F)F)nc2)CC3)noc1C(C)(C)C. The van der Waals surface area contributed by atoms with Gasteiger partial charge >= 0.3 is 6.18 Å². The molecule has 1 amide bonds. The average Bonchev–Trinajstić information content (AvgIpc) is 3.21. The van der Waals surface area contributed by atoms with Gasteiger partial charge in [-0.1, -0.05) is 32.0 Å². The van der Waals surface area contributed by atoms with Crippen LogP contribution < -0.4 is 9.46 Å². The maximum Gasteiger partial charge on any atom is 0.422 e. The summed E-state index contributed by atoms with van der Waals surface area (Å²) in [5.41, 5.74) is 3.32. The summed E-state index contributed by atoms with van der Waals surface area (Å²) in [5.74, 6) is 1.09. The molecule has 0 saturated carbocycles. The Labute approximate surface area is 211 Å². The van der Waals surface area contributed by atoms with Gasteiger partial charge in [-0.2, -0.15) is 13.2 Å². The van der Waals surface area contributed by atoms with Gasteiger partial charge in [-0.3, -0.25) is 4.79 Å². The first-order valence-corrected chi connectivity index (χ1v) is 12.2. The van der Waals surface area contributed by atoms with Crippen molar-refractivity contribution in [3.8, 4) is 5.88 Å². The van der Waals surface area contributed by atoms with Crippen LogP contribution in [0.25, 0.3) is 0 Å². The Bertz CT molecular complexity index is 1240. The largest absolute Gasteiger partial charge is 0.468 e. The predicted octanol–water partition coefficient (Wildman–Crippen LogP) is 5.93. The molecule has 7 nitrogen and oxygen atoms in total. The topological polar surface area (TPSA) is 80.5 Å². The van der Waals surface area contributed by atoms with Gasteiger partial charge in [0.2, 0.25) is 5.88 Å². The fraction of sp³-hybridized carbons (Fsp3) is 0.400. The number of hydrogen-bond donors (Lipinski definition) is 1. The summed E-state index contributed by atoms with van der Waals surface area (Å²) >= 11 is 1.42. The van der Waals surface area contributed by atoms with Gasteiger partial charge in [-0.15, -0.1) is 0 Å². The van der Waals surface area contributed by atoms with Crippen molar-refractivity contribution in [1.82, 2.24) is 15.0 Å². The molecule has 1 N–H and O–H groups in total. The third-order valence-corrected chi connectivity index (χ3v) is 6.50. The third-order valence-electron chi connectivity index (χ3n) is 5.71. The smallest absolute Gasteiger partial charge is 0.422 e. The summed E-state index contributed by atoms with van der Waals surface area (Å²) in [6.07, 6.45) is -2.50. The molecule has 36 heavy (non-hydrogen) atoms. The summed E-state index contributed by atoms with van der Waals surface area (Å²) in [4.78, 5) is 19.5. The second-order valence-corrected chi connectivity index (χ2v) is 10.5. The molecule has 2 aromatic heterocycles. The molecule has 0 unspecified atom stereocenters. The summed E-state index contributed by atoms with van der Waals surface area (Å²) in [6.45, 7) is 7.71. The number of anilines is 1. The number of carbonyl (C=O) groups is 1. The molecule has 0 atom stereocenters. The fourth-order valence-electron chi connectivity index (χ4n) is 3.94. The van der Waals surface area contributed by atoms with Crippen LogP contribution in [0.5, 0.6) is 5.88 Å². The highest BCUT2D eigenvalue weighted by Crippen LogP contribution is 2.33. The first kappa shape index (κ1) is 25.9. The van der Waals surface area contributed by atoms with Crippen LogP contribution in [-0.2, 0) is 18.4 Å². The maximum absolute atomic E-state index is 13.0. The van der Waals surface area contributed by atoms with Crippen LogP contribution in [0.15, 0.2) is 45.9 Å². The van der Waals surface area contributed by atoms with E-state index in [9.17, 15) is 18.0 Å². The lowest BCUT2D eigenvalue weighted by molar-refractivity contribution is -0.154. The normalized spacial score (nSPS) is 13.9. The summed E-state index contributed by atoms with van der Waals surface area (Å²) in [6, 6.07) is 8.83. The highest BCUT2D eigenvalue weighted by molar-refractivity contribution is 8.00. The molecule has 0 spiro atoms. The van der Waals surface area contributed by atoms with E-state index in [1.165, 1.54) is 35.8 Å². The van der Waals surface area contributed by atoms with Gasteiger partial charge in [0.1, 0.15) is 5.76 Å². The first-order chi connectivity index (χ1) is 16.9. The molecule has 4 rings (SSSR count). The van der Waals surface area contributed by atoms with Gasteiger partial charge in [0.25, 0.3) is 5.91 Å². The van der Waals surface area contributed by atoms with Crippen molar-refractivity contribution in [2.45, 2.75) is 57.1 Å². The van der Waals surface area contributed by atoms with E-state index in [0.29, 0.717) is 30.9 Å². The van der Waals surface area contributed by atoms with E-state index in [4.69, 9.17) is 4.52 Å². The van der Waals surface area contributed by atoms with E-state index < -0.39 is 12.8 Å². The van der Waals surface area contributed by atoms with Crippen molar-refractivity contribution in [2.24, 2.45) is 0 Å². The lowest BCUT2D eigenvalue weighted by Crippen LogP contribution is -2.36. The number of pyridine rings is 1. The second-order valence-electron chi connectivity index (χ2n) is 9.64. The third kappa shape index (κ3) is 6.13. The Hall–Kier alpha value is -3.21. The number of halogens is 3. The summed E-state index contributed by atoms with van der Waals surface area (Å²) < 4.78 is 50.3. The van der Waals surface area contributed by atoms with Crippen molar-refractivity contribution in [2.75, 3.05) is 17.9 Å². The molecular weight excluding hydrogens is 493 g/mol. The van der Waals surface area contributed by atoms with Crippen LogP contribution in [0.3, 0.4) is 0 Å². The molecule has 1 aliphatic heterocycles. The molecule has 0 bridgehead atoms.